The number of rotatable bonds is 8. The lowest BCUT2D eigenvalue weighted by Crippen LogP contribution is -2.23. The molecule has 32 heavy (non-hydrogen) atoms. The highest BCUT2D eigenvalue weighted by Crippen LogP contribution is 2.35. The van der Waals surface area contributed by atoms with E-state index < -0.39 is 0 Å². The quantitative estimate of drug-likeness (QED) is 0.463. The molecule has 0 unspecified atom stereocenters. The Labute approximate surface area is 192 Å². The molecule has 0 aromatic heterocycles. The third-order valence-corrected chi connectivity index (χ3v) is 5.63. The van der Waals surface area contributed by atoms with E-state index in [4.69, 9.17) is 21.1 Å². The van der Waals surface area contributed by atoms with Gasteiger partial charge in [0, 0.05) is 24.1 Å². The fourth-order valence-corrected chi connectivity index (χ4v) is 3.99. The molecule has 0 atom stereocenters. The molecular formula is C26H24ClNO4. The lowest BCUT2D eigenvalue weighted by atomic mass is 9.97. The average molecular weight is 450 g/mol. The SMILES string of the molecule is CCCOc1ccc(C(=O)NCc2cc(-c3cccc(C=O)c3)cc3c2OCC3)c(Cl)c1. The maximum Gasteiger partial charge on any atom is 0.253 e. The maximum absolute atomic E-state index is 12.8. The molecule has 4 rings (SSSR count). The minimum atomic E-state index is -0.267. The van der Waals surface area contributed by atoms with Gasteiger partial charge in [-0.3, -0.25) is 9.59 Å². The van der Waals surface area contributed by atoms with Gasteiger partial charge in [-0.25, -0.2) is 0 Å². The van der Waals surface area contributed by atoms with Crippen molar-refractivity contribution in [3.8, 4) is 22.6 Å². The second-order valence-electron chi connectivity index (χ2n) is 7.64. The molecule has 1 aliphatic heterocycles. The van der Waals surface area contributed by atoms with Gasteiger partial charge in [0.1, 0.15) is 17.8 Å². The molecule has 0 spiro atoms. The Hall–Kier alpha value is -3.31. The van der Waals surface area contributed by atoms with Crippen LogP contribution in [0.15, 0.2) is 54.6 Å². The molecule has 0 saturated carbocycles. The fourth-order valence-electron chi connectivity index (χ4n) is 3.74. The van der Waals surface area contributed by atoms with Crippen molar-refractivity contribution in [1.82, 2.24) is 5.32 Å². The van der Waals surface area contributed by atoms with E-state index in [-0.39, 0.29) is 5.91 Å². The molecule has 3 aromatic carbocycles. The van der Waals surface area contributed by atoms with Crippen molar-refractivity contribution in [3.05, 3.63) is 81.9 Å². The van der Waals surface area contributed by atoms with Gasteiger partial charge in [0.05, 0.1) is 23.8 Å². The van der Waals surface area contributed by atoms with Crippen LogP contribution in [0.2, 0.25) is 5.02 Å². The summed E-state index contributed by atoms with van der Waals surface area (Å²) in [5.41, 5.74) is 4.93. The summed E-state index contributed by atoms with van der Waals surface area (Å²) in [4.78, 5) is 24.0. The third kappa shape index (κ3) is 4.78. The molecule has 1 aliphatic rings. The highest BCUT2D eigenvalue weighted by Gasteiger charge is 2.20. The van der Waals surface area contributed by atoms with Crippen LogP contribution in [0.1, 0.15) is 45.2 Å². The number of fused-ring (bicyclic) bond motifs is 1. The van der Waals surface area contributed by atoms with Gasteiger partial charge in [0.15, 0.2) is 0 Å². The first kappa shape index (κ1) is 21.9. The smallest absolute Gasteiger partial charge is 0.253 e. The van der Waals surface area contributed by atoms with E-state index in [1.54, 1.807) is 24.3 Å². The van der Waals surface area contributed by atoms with Gasteiger partial charge in [0.25, 0.3) is 5.91 Å². The van der Waals surface area contributed by atoms with Crippen molar-refractivity contribution >= 4 is 23.8 Å². The van der Waals surface area contributed by atoms with E-state index in [2.05, 4.69) is 11.4 Å². The third-order valence-electron chi connectivity index (χ3n) is 5.31. The molecule has 164 valence electrons. The number of amides is 1. The van der Waals surface area contributed by atoms with E-state index in [0.717, 1.165) is 47.1 Å². The molecule has 5 nitrogen and oxygen atoms in total. The van der Waals surface area contributed by atoms with Crippen LogP contribution in [0.4, 0.5) is 0 Å². The van der Waals surface area contributed by atoms with Gasteiger partial charge in [-0.15, -0.1) is 0 Å². The summed E-state index contributed by atoms with van der Waals surface area (Å²) in [6.07, 6.45) is 2.54. The number of hydrogen-bond donors (Lipinski definition) is 1. The van der Waals surface area contributed by atoms with Crippen LogP contribution < -0.4 is 14.8 Å². The molecule has 0 aliphatic carbocycles. The highest BCUT2D eigenvalue weighted by molar-refractivity contribution is 6.34. The summed E-state index contributed by atoms with van der Waals surface area (Å²) in [5.74, 6) is 1.19. The zero-order valence-corrected chi connectivity index (χ0v) is 18.6. The Balaban J connectivity index is 1.55. The van der Waals surface area contributed by atoms with Gasteiger partial charge in [-0.05, 0) is 59.5 Å². The zero-order chi connectivity index (χ0) is 22.5. The van der Waals surface area contributed by atoms with Crippen LogP contribution in [0, 0.1) is 0 Å². The second kappa shape index (κ2) is 9.88. The van der Waals surface area contributed by atoms with Gasteiger partial charge in [-0.2, -0.15) is 0 Å². The van der Waals surface area contributed by atoms with Crippen molar-refractivity contribution < 1.29 is 19.1 Å². The van der Waals surface area contributed by atoms with Crippen LogP contribution in [-0.2, 0) is 13.0 Å². The largest absolute Gasteiger partial charge is 0.494 e. The number of halogens is 1. The van der Waals surface area contributed by atoms with Gasteiger partial charge < -0.3 is 14.8 Å². The van der Waals surface area contributed by atoms with E-state index >= 15 is 0 Å². The number of nitrogens with one attached hydrogen (secondary N) is 1. The zero-order valence-electron chi connectivity index (χ0n) is 17.8. The minimum Gasteiger partial charge on any atom is -0.494 e. The fraction of sp³-hybridized carbons (Fsp3) is 0.231. The number of carbonyl (C=O) groups excluding carboxylic acids is 2. The molecule has 0 saturated heterocycles. The summed E-state index contributed by atoms with van der Waals surface area (Å²) < 4.78 is 11.4. The molecule has 0 bridgehead atoms. The molecule has 0 fully saturated rings. The Morgan fingerprint density at radius 2 is 2.03 bits per heavy atom. The summed E-state index contributed by atoms with van der Waals surface area (Å²) in [7, 11) is 0. The summed E-state index contributed by atoms with van der Waals surface area (Å²) in [6.45, 7) is 3.53. The van der Waals surface area contributed by atoms with Crippen LogP contribution in [-0.4, -0.2) is 25.4 Å². The number of carbonyl (C=O) groups is 2. The summed E-state index contributed by atoms with van der Waals surface area (Å²) in [6, 6.07) is 16.6. The Morgan fingerprint density at radius 1 is 1.16 bits per heavy atom. The molecule has 0 radical (unpaired) electrons. The van der Waals surface area contributed by atoms with Crippen molar-refractivity contribution in [1.29, 1.82) is 0 Å². The first-order chi connectivity index (χ1) is 15.6. The number of ether oxygens (including phenoxy) is 2. The Bertz CT molecular complexity index is 1160. The van der Waals surface area contributed by atoms with Crippen LogP contribution in [0.3, 0.4) is 0 Å². The molecular weight excluding hydrogens is 426 g/mol. The lowest BCUT2D eigenvalue weighted by molar-refractivity contribution is 0.0950. The molecule has 6 heteroatoms. The average Bonchev–Trinajstić information content (AvgIpc) is 3.30. The molecule has 1 N–H and O–H groups in total. The van der Waals surface area contributed by atoms with Crippen molar-refractivity contribution in [3.63, 3.8) is 0 Å². The predicted molar refractivity (Wildman–Crippen MR) is 125 cm³/mol. The number of benzene rings is 3. The Morgan fingerprint density at radius 3 is 2.81 bits per heavy atom. The first-order valence-electron chi connectivity index (χ1n) is 10.6. The predicted octanol–water partition coefficient (Wildman–Crippen LogP) is 5.47. The molecule has 1 amide bonds. The standard InChI is InChI=1S/C26H24ClNO4/c1-2-9-31-22-6-7-23(24(27)14-22)26(30)28-15-21-13-20(12-19-8-10-32-25(19)21)18-5-3-4-17(11-18)16-29/h3-7,11-14,16H,2,8-10,15H2,1H3,(H,28,30). The van der Waals surface area contributed by atoms with E-state index in [1.807, 2.05) is 31.2 Å². The summed E-state index contributed by atoms with van der Waals surface area (Å²) in [5, 5.41) is 3.29. The maximum atomic E-state index is 12.8. The van der Waals surface area contributed by atoms with E-state index in [9.17, 15) is 9.59 Å². The van der Waals surface area contributed by atoms with Crippen LogP contribution in [0.25, 0.3) is 11.1 Å². The van der Waals surface area contributed by atoms with Crippen molar-refractivity contribution in [2.75, 3.05) is 13.2 Å². The van der Waals surface area contributed by atoms with Crippen molar-refractivity contribution in [2.24, 2.45) is 0 Å². The van der Waals surface area contributed by atoms with E-state index in [0.29, 0.717) is 41.7 Å². The first-order valence-corrected chi connectivity index (χ1v) is 11.0. The van der Waals surface area contributed by atoms with Gasteiger partial charge >= 0.3 is 0 Å². The van der Waals surface area contributed by atoms with Crippen LogP contribution >= 0.6 is 11.6 Å². The lowest BCUT2D eigenvalue weighted by Gasteiger charge is -2.13. The topological polar surface area (TPSA) is 64.6 Å². The van der Waals surface area contributed by atoms with Gasteiger partial charge in [0.2, 0.25) is 0 Å². The van der Waals surface area contributed by atoms with E-state index in [1.165, 1.54) is 0 Å². The monoisotopic (exact) mass is 449 g/mol. The number of hydrogen-bond acceptors (Lipinski definition) is 4. The molecule has 3 aromatic rings. The normalized spacial score (nSPS) is 12.1. The summed E-state index contributed by atoms with van der Waals surface area (Å²) >= 11 is 6.32. The van der Waals surface area contributed by atoms with Gasteiger partial charge in [-0.1, -0.05) is 36.7 Å². The second-order valence-corrected chi connectivity index (χ2v) is 8.05. The highest BCUT2D eigenvalue weighted by atomic mass is 35.5. The number of aldehydes is 1. The molecule has 1 heterocycles. The van der Waals surface area contributed by atoms with Crippen molar-refractivity contribution in [2.45, 2.75) is 26.3 Å². The van der Waals surface area contributed by atoms with Crippen LogP contribution in [0.5, 0.6) is 11.5 Å². The Kier molecular flexibility index (Phi) is 6.76. The minimum absolute atomic E-state index is 0.267.